The Balaban J connectivity index is 2.66. The molecule has 0 aromatic carbocycles. The Bertz CT molecular complexity index is 321. The van der Waals surface area contributed by atoms with E-state index < -0.39 is 12.1 Å². The third-order valence-corrected chi connectivity index (χ3v) is 2.38. The number of carbonyl (C=O) groups is 1. The summed E-state index contributed by atoms with van der Waals surface area (Å²) < 4.78 is 4.70. The number of thiazole rings is 1. The summed E-state index contributed by atoms with van der Waals surface area (Å²) in [5.74, 6) is -0.588. The Labute approximate surface area is 85.9 Å². The lowest BCUT2D eigenvalue weighted by atomic mass is 10.2. The molecule has 0 radical (unpaired) electrons. The van der Waals surface area contributed by atoms with Crippen LogP contribution in [0.1, 0.15) is 18.0 Å². The van der Waals surface area contributed by atoms with E-state index in [1.54, 1.807) is 18.5 Å². The molecule has 1 N–H and O–H groups in total. The summed E-state index contributed by atoms with van der Waals surface area (Å²) in [5.41, 5.74) is 0.0156. The van der Waals surface area contributed by atoms with Crippen LogP contribution >= 0.6 is 11.3 Å². The highest BCUT2D eigenvalue weighted by Gasteiger charge is 2.20. The Hall–Kier alpha value is -1.20. The molecule has 0 amide bonds. The van der Waals surface area contributed by atoms with Crippen molar-refractivity contribution in [2.75, 3.05) is 6.61 Å². The van der Waals surface area contributed by atoms with Crippen molar-refractivity contribution in [3.8, 4) is 0 Å². The van der Waals surface area contributed by atoms with Gasteiger partial charge in [0.2, 0.25) is 0 Å². The van der Waals surface area contributed by atoms with Gasteiger partial charge in [0.15, 0.2) is 0 Å². The van der Waals surface area contributed by atoms with E-state index in [-0.39, 0.29) is 12.2 Å². The quantitative estimate of drug-likeness (QED) is 0.605. The number of aliphatic hydroxyl groups is 1. The van der Waals surface area contributed by atoms with Gasteiger partial charge in [-0.3, -0.25) is 0 Å². The zero-order valence-electron chi connectivity index (χ0n) is 7.77. The summed E-state index contributed by atoms with van der Waals surface area (Å²) in [5, 5.41) is 11.8. The number of esters is 1. The lowest BCUT2D eigenvalue weighted by Crippen LogP contribution is -2.13. The van der Waals surface area contributed by atoms with Crippen molar-refractivity contribution >= 4 is 17.3 Å². The number of carbonyl (C=O) groups excluding carboxylic acids is 1. The van der Waals surface area contributed by atoms with Gasteiger partial charge >= 0.3 is 5.97 Å². The summed E-state index contributed by atoms with van der Waals surface area (Å²) in [6, 6.07) is 0. The molecular formula is C9H11NO3S. The Kier molecular flexibility index (Phi) is 3.79. The van der Waals surface area contributed by atoms with Gasteiger partial charge in [-0.05, 0) is 6.92 Å². The van der Waals surface area contributed by atoms with E-state index in [4.69, 9.17) is 4.74 Å². The van der Waals surface area contributed by atoms with Crippen LogP contribution in [0.15, 0.2) is 23.7 Å². The molecule has 1 aromatic rings. The van der Waals surface area contributed by atoms with Crippen LogP contribution in [0.25, 0.3) is 0 Å². The molecule has 1 rings (SSSR count). The number of aromatic nitrogens is 1. The molecule has 0 saturated carbocycles. The largest absolute Gasteiger partial charge is 0.463 e. The zero-order chi connectivity index (χ0) is 10.6. The Morgan fingerprint density at radius 2 is 2.57 bits per heavy atom. The highest BCUT2D eigenvalue weighted by atomic mass is 32.1. The maximum absolute atomic E-state index is 11.2. The van der Waals surface area contributed by atoms with Crippen LogP contribution in [-0.4, -0.2) is 22.7 Å². The van der Waals surface area contributed by atoms with Gasteiger partial charge in [0.25, 0.3) is 0 Å². The zero-order valence-corrected chi connectivity index (χ0v) is 8.58. The molecule has 0 aliphatic rings. The normalized spacial score (nSPS) is 12.1. The first-order valence-electron chi connectivity index (χ1n) is 4.10. The summed E-state index contributed by atoms with van der Waals surface area (Å²) in [4.78, 5) is 15.1. The molecule has 5 heteroatoms. The minimum absolute atomic E-state index is 0.0156. The van der Waals surface area contributed by atoms with Crippen LogP contribution in [0.3, 0.4) is 0 Å². The number of hydrogen-bond acceptors (Lipinski definition) is 5. The third-order valence-electron chi connectivity index (χ3n) is 1.55. The van der Waals surface area contributed by atoms with Gasteiger partial charge < -0.3 is 9.84 Å². The number of aliphatic hydroxyl groups excluding tert-OH is 1. The van der Waals surface area contributed by atoms with Crippen LogP contribution in [0.5, 0.6) is 0 Å². The monoisotopic (exact) mass is 213 g/mol. The van der Waals surface area contributed by atoms with Gasteiger partial charge in [-0.2, -0.15) is 0 Å². The minimum Gasteiger partial charge on any atom is -0.463 e. The second-order valence-corrected chi connectivity index (χ2v) is 3.44. The summed E-state index contributed by atoms with van der Waals surface area (Å²) in [7, 11) is 0. The van der Waals surface area contributed by atoms with Gasteiger partial charge in [-0.25, -0.2) is 9.78 Å². The molecular weight excluding hydrogens is 202 g/mol. The molecule has 1 atom stereocenters. The molecule has 1 aromatic heterocycles. The van der Waals surface area contributed by atoms with Crippen molar-refractivity contribution < 1.29 is 14.6 Å². The number of ether oxygens (including phenoxy) is 1. The van der Waals surface area contributed by atoms with E-state index >= 15 is 0 Å². The number of rotatable bonds is 4. The summed E-state index contributed by atoms with van der Waals surface area (Å²) >= 11 is 1.27. The summed E-state index contributed by atoms with van der Waals surface area (Å²) in [6.45, 7) is 5.43. The fraction of sp³-hybridized carbons (Fsp3) is 0.333. The van der Waals surface area contributed by atoms with Crippen LogP contribution in [0.2, 0.25) is 0 Å². The number of hydrogen-bond donors (Lipinski definition) is 1. The van der Waals surface area contributed by atoms with Gasteiger partial charge in [0, 0.05) is 11.6 Å². The molecule has 0 aliphatic heterocycles. The van der Waals surface area contributed by atoms with E-state index in [2.05, 4.69) is 11.6 Å². The van der Waals surface area contributed by atoms with Crippen molar-refractivity contribution in [2.24, 2.45) is 0 Å². The first-order chi connectivity index (χ1) is 6.66. The van der Waals surface area contributed by atoms with Crippen molar-refractivity contribution in [2.45, 2.75) is 13.0 Å². The van der Waals surface area contributed by atoms with Crippen molar-refractivity contribution in [3.63, 3.8) is 0 Å². The summed E-state index contributed by atoms with van der Waals surface area (Å²) in [6.07, 6.45) is 0.496. The topological polar surface area (TPSA) is 59.4 Å². The molecule has 1 unspecified atom stereocenters. The smallest absolute Gasteiger partial charge is 0.336 e. The van der Waals surface area contributed by atoms with Crippen LogP contribution in [0.4, 0.5) is 0 Å². The lowest BCUT2D eigenvalue weighted by molar-refractivity contribution is -0.139. The van der Waals surface area contributed by atoms with E-state index in [0.29, 0.717) is 5.01 Å². The van der Waals surface area contributed by atoms with Crippen LogP contribution < -0.4 is 0 Å². The predicted octanol–water partition coefficient (Wildman–Crippen LogP) is 1.30. The van der Waals surface area contributed by atoms with Crippen molar-refractivity contribution in [1.29, 1.82) is 0 Å². The van der Waals surface area contributed by atoms with E-state index in [1.807, 2.05) is 0 Å². The molecule has 76 valence electrons. The highest BCUT2D eigenvalue weighted by Crippen LogP contribution is 2.22. The van der Waals surface area contributed by atoms with Gasteiger partial charge in [0.1, 0.15) is 11.1 Å². The van der Waals surface area contributed by atoms with Crippen LogP contribution in [0, 0.1) is 0 Å². The second kappa shape index (κ2) is 4.88. The maximum atomic E-state index is 11.2. The molecule has 0 aliphatic carbocycles. The molecule has 0 bridgehead atoms. The second-order valence-electron chi connectivity index (χ2n) is 2.52. The SMILES string of the molecule is C=C(C(=O)OCC)C(O)c1nccs1. The molecule has 1 heterocycles. The van der Waals surface area contributed by atoms with Gasteiger partial charge in [0.05, 0.1) is 12.2 Å². The first kappa shape index (κ1) is 10.9. The lowest BCUT2D eigenvalue weighted by Gasteiger charge is -2.09. The predicted molar refractivity (Wildman–Crippen MR) is 52.8 cm³/mol. The van der Waals surface area contributed by atoms with Gasteiger partial charge in [-0.15, -0.1) is 11.3 Å². The molecule has 0 saturated heterocycles. The highest BCUT2D eigenvalue weighted by molar-refractivity contribution is 7.09. The number of nitrogens with zero attached hydrogens (tertiary/aromatic N) is 1. The average Bonchev–Trinajstić information content (AvgIpc) is 2.68. The minimum atomic E-state index is -1.06. The van der Waals surface area contributed by atoms with E-state index in [1.165, 1.54) is 11.3 Å². The van der Waals surface area contributed by atoms with E-state index in [0.717, 1.165) is 0 Å². The van der Waals surface area contributed by atoms with E-state index in [9.17, 15) is 9.90 Å². The Morgan fingerprint density at radius 1 is 1.86 bits per heavy atom. The average molecular weight is 213 g/mol. The maximum Gasteiger partial charge on any atom is 0.336 e. The van der Waals surface area contributed by atoms with Gasteiger partial charge in [-0.1, -0.05) is 6.58 Å². The van der Waals surface area contributed by atoms with Crippen LogP contribution in [-0.2, 0) is 9.53 Å². The third kappa shape index (κ3) is 2.40. The van der Waals surface area contributed by atoms with Crippen molar-refractivity contribution in [1.82, 2.24) is 4.98 Å². The first-order valence-corrected chi connectivity index (χ1v) is 4.98. The molecule has 4 nitrogen and oxygen atoms in total. The van der Waals surface area contributed by atoms with Crippen molar-refractivity contribution in [3.05, 3.63) is 28.7 Å². The standard InChI is InChI=1S/C9H11NO3S/c1-3-13-9(12)6(2)7(11)8-10-4-5-14-8/h4-5,7,11H,2-3H2,1H3. The fourth-order valence-corrected chi connectivity index (χ4v) is 1.51. The molecule has 0 fully saturated rings. The fourth-order valence-electron chi connectivity index (χ4n) is 0.854. The molecule has 14 heavy (non-hydrogen) atoms. The Morgan fingerprint density at radius 3 is 3.07 bits per heavy atom. The molecule has 0 spiro atoms.